The Bertz CT molecular complexity index is 17.1. The summed E-state index contributed by atoms with van der Waals surface area (Å²) in [5, 5.41) is 7.89. The van der Waals surface area contributed by atoms with Gasteiger partial charge >= 0.3 is 29.6 Å². The molecule has 0 aliphatic heterocycles. The fourth-order valence-corrected chi connectivity index (χ4v) is 0. The number of hydrogen-bond donors (Lipinski definition) is 1. The van der Waals surface area contributed by atoms with Gasteiger partial charge < -0.3 is 5.21 Å². The van der Waals surface area contributed by atoms with Crippen molar-refractivity contribution in [2.24, 2.45) is 5.34 Å². The van der Waals surface area contributed by atoms with Crippen LogP contribution in [0.15, 0.2) is 5.34 Å². The first-order chi connectivity index (χ1) is 1.41. The summed E-state index contributed by atoms with van der Waals surface area (Å²) in [5.41, 5.74) is 0. The molecule has 0 aliphatic rings. The monoisotopic (exact) mass is 85.0 g/mol. The molecule has 26 valence electrons. The molecule has 0 saturated carbocycles. The first-order valence-corrected chi connectivity index (χ1v) is 0.383. The van der Waals surface area contributed by atoms with E-state index in [1.807, 2.05) is 0 Å². The van der Waals surface area contributed by atoms with E-state index in [0.29, 0.717) is 0 Å². The molecule has 0 aromatic carbocycles. The van der Waals surface area contributed by atoms with Crippen LogP contribution in [0.25, 0.3) is 0 Å². The molecule has 0 aromatic rings. The van der Waals surface area contributed by atoms with Crippen LogP contribution in [0.4, 0.5) is 0 Å². The van der Waals surface area contributed by atoms with Gasteiger partial charge in [-0.2, -0.15) is 0 Å². The first kappa shape index (κ1) is 17.9. The van der Waals surface area contributed by atoms with Crippen molar-refractivity contribution in [2.75, 3.05) is 0 Å². The maximum atomic E-state index is 8.11. The summed E-state index contributed by atoms with van der Waals surface area (Å²) in [7, 11) is 0. The van der Waals surface area contributed by atoms with E-state index in [-0.39, 0.29) is 38.0 Å². The van der Waals surface area contributed by atoms with Gasteiger partial charge in [-0.1, -0.05) is 0 Å². The Balaban J connectivity index is -0.0000000200. The van der Waals surface area contributed by atoms with Crippen molar-refractivity contribution in [2.45, 2.75) is 0 Å². The molecule has 0 aromatic heterocycles. The van der Waals surface area contributed by atoms with Gasteiger partial charge in [0.05, 0.1) is 8.41 Å². The predicted molar refractivity (Wildman–Crippen MR) is 24.7 cm³/mol. The zero-order valence-corrected chi connectivity index (χ0v) is 1.30. The molecule has 0 radical (unpaired) electrons. The van der Waals surface area contributed by atoms with Crippen LogP contribution in [0.2, 0.25) is 0 Å². The van der Waals surface area contributed by atoms with E-state index < -0.39 is 0 Å². The number of hydrogen-bond acceptors (Lipinski definition) is 2. The summed E-state index contributed by atoms with van der Waals surface area (Å²) in [6, 6.07) is 0. The van der Waals surface area contributed by atoms with E-state index in [1.54, 1.807) is 0 Å². The number of nitrogens with zero attached hydrogens (tertiary/aromatic N) is 1. The Kier molecular flexibility index (Phi) is 89.6. The van der Waals surface area contributed by atoms with Crippen LogP contribution in [-0.2, 0) is 0 Å². The predicted octanol–water partition coefficient (Wildman–Crippen LogP) is -1.69. The van der Waals surface area contributed by atoms with Crippen molar-refractivity contribution < 1.29 is 5.21 Å². The summed E-state index contributed by atoms with van der Waals surface area (Å²) in [6.45, 7) is 0. The van der Waals surface area contributed by atoms with Crippen molar-refractivity contribution in [1.29, 1.82) is 0 Å². The Morgan fingerprint density at radius 2 is 1.60 bits per heavy atom. The molecule has 0 rings (SSSR count). The number of rotatable bonds is 0. The Morgan fingerprint density at radius 1 is 1.60 bits per heavy atom. The Hall–Kier alpha value is 0.465. The van der Waals surface area contributed by atoms with E-state index in [4.69, 9.17) is 10.1 Å². The third kappa shape index (κ3) is 125. The molecule has 0 spiro atoms. The zero-order chi connectivity index (χ0) is 2.71. The fraction of sp³-hybridized carbons (Fsp3) is 0. The van der Waals surface area contributed by atoms with Crippen LogP contribution >= 0.6 is 0 Å². The molecule has 1 N–H and O–H groups in total. The maximum absolute atomic E-state index is 8.11. The van der Waals surface area contributed by atoms with Crippen molar-refractivity contribution in [3.63, 3.8) is 0 Å². The second-order valence-electron chi connectivity index (χ2n) is 0.0816. The summed E-state index contributed by atoms with van der Waals surface area (Å²) in [5.74, 6) is 0. The molecule has 0 amide bonds. The van der Waals surface area contributed by atoms with Crippen LogP contribution in [0, 0.1) is 4.91 Å². The molecule has 0 atom stereocenters. The molecule has 0 fully saturated rings. The van der Waals surface area contributed by atoms with Gasteiger partial charge in [-0.3, -0.25) is 0 Å². The summed E-state index contributed by atoms with van der Waals surface area (Å²) in [6.07, 6.45) is 0. The van der Waals surface area contributed by atoms with Crippen LogP contribution in [0.3, 0.4) is 0 Å². The minimum atomic E-state index is 0. The van der Waals surface area contributed by atoms with Crippen molar-refractivity contribution in [3.8, 4) is 0 Å². The Morgan fingerprint density at radius 3 is 1.60 bits per heavy atom. The molecule has 5 heteroatoms. The summed E-state index contributed by atoms with van der Waals surface area (Å²) in [4.78, 5) is 8.11. The zero-order valence-electron chi connectivity index (χ0n) is 1.30. The third-order valence-electron chi connectivity index (χ3n) is 0. The van der Waals surface area contributed by atoms with Gasteiger partial charge in [0.1, 0.15) is 0 Å². The van der Waals surface area contributed by atoms with E-state index in [2.05, 4.69) is 0 Å². The standard InChI is InChI=1S/BH3.HNO2.Na.H/c;2-1-3;;/h1H3;(H,2,3);;. The molecule has 0 saturated heterocycles. The molecule has 0 bridgehead atoms. The Labute approximate surface area is 53.6 Å². The average molecular weight is 84.8 g/mol. The van der Waals surface area contributed by atoms with Crippen molar-refractivity contribution in [1.82, 2.24) is 0 Å². The van der Waals surface area contributed by atoms with Crippen LogP contribution in [0.5, 0.6) is 0 Å². The molecule has 3 nitrogen and oxygen atoms in total. The van der Waals surface area contributed by atoms with E-state index in [0.717, 1.165) is 0 Å². The molecular formula is H5BNNaO2. The second kappa shape index (κ2) is 25.0. The third-order valence-corrected chi connectivity index (χ3v) is 0. The average Bonchev–Trinajstić information content (AvgIpc) is 0.918. The normalized spacial score (nSPS) is 2.40. The van der Waals surface area contributed by atoms with Gasteiger partial charge in [0.25, 0.3) is 0 Å². The van der Waals surface area contributed by atoms with Crippen LogP contribution in [0.1, 0.15) is 0 Å². The van der Waals surface area contributed by atoms with Gasteiger partial charge in [-0.25, -0.2) is 0 Å². The summed E-state index contributed by atoms with van der Waals surface area (Å²) < 4.78 is 0. The molecule has 5 heavy (non-hydrogen) atoms. The van der Waals surface area contributed by atoms with Gasteiger partial charge in [0.15, 0.2) is 5.34 Å². The van der Waals surface area contributed by atoms with Crippen LogP contribution in [-0.4, -0.2) is 43.2 Å². The molecular weight excluding hydrogens is 79.8 g/mol. The molecule has 0 aliphatic carbocycles. The van der Waals surface area contributed by atoms with Crippen molar-refractivity contribution >= 4 is 38.0 Å². The topological polar surface area (TPSA) is 49.7 Å². The van der Waals surface area contributed by atoms with E-state index in [1.165, 1.54) is 5.34 Å². The second-order valence-corrected chi connectivity index (χ2v) is 0.0816. The van der Waals surface area contributed by atoms with Gasteiger partial charge in [-0.15, -0.1) is 4.91 Å². The van der Waals surface area contributed by atoms with Gasteiger partial charge in [0, 0.05) is 0 Å². The summed E-state index contributed by atoms with van der Waals surface area (Å²) >= 11 is 0. The van der Waals surface area contributed by atoms with Gasteiger partial charge in [0.2, 0.25) is 0 Å². The first-order valence-electron chi connectivity index (χ1n) is 0.383. The van der Waals surface area contributed by atoms with E-state index >= 15 is 0 Å². The molecule has 0 heterocycles. The van der Waals surface area contributed by atoms with Crippen molar-refractivity contribution in [3.05, 3.63) is 4.91 Å². The van der Waals surface area contributed by atoms with Crippen LogP contribution < -0.4 is 0 Å². The molecule has 0 unspecified atom stereocenters. The fourth-order valence-electron chi connectivity index (χ4n) is 0. The van der Waals surface area contributed by atoms with Gasteiger partial charge in [-0.05, 0) is 0 Å². The SMILES string of the molecule is B.O=NO.[NaH]. The minimum absolute atomic E-state index is 0. The quantitative estimate of drug-likeness (QED) is 0.216. The van der Waals surface area contributed by atoms with E-state index in [9.17, 15) is 0 Å².